The number of anilines is 1. The van der Waals surface area contributed by atoms with E-state index in [1.165, 1.54) is 6.08 Å². The highest BCUT2D eigenvalue weighted by atomic mass is 35.5. The fourth-order valence-electron chi connectivity index (χ4n) is 1.61. The number of carboxylic acid groups (broad SMARTS) is 1. The molecule has 0 amide bonds. The molecule has 0 saturated heterocycles. The highest BCUT2D eigenvalue weighted by Crippen LogP contribution is 2.24. The minimum atomic E-state index is -1.000. The SMILES string of the molecule is C=CCN(CC=C)c1ccc(/C=C/C(=O)O)c(Cl)c1. The van der Waals surface area contributed by atoms with Crippen LogP contribution in [0.3, 0.4) is 0 Å². The number of benzene rings is 1. The van der Waals surface area contributed by atoms with Crippen LogP contribution in [0, 0.1) is 0 Å². The summed E-state index contributed by atoms with van der Waals surface area (Å²) in [5, 5.41) is 9.10. The Morgan fingerprint density at radius 1 is 1.32 bits per heavy atom. The summed E-state index contributed by atoms with van der Waals surface area (Å²) in [6, 6.07) is 5.48. The molecule has 0 heterocycles. The first-order valence-corrected chi connectivity index (χ1v) is 6.13. The average Bonchev–Trinajstić information content (AvgIpc) is 2.37. The zero-order valence-corrected chi connectivity index (χ0v) is 11.3. The predicted octanol–water partition coefficient (Wildman–Crippen LogP) is 3.62. The molecule has 0 saturated carbocycles. The van der Waals surface area contributed by atoms with Gasteiger partial charge in [-0.05, 0) is 23.8 Å². The molecule has 0 radical (unpaired) electrons. The van der Waals surface area contributed by atoms with Crippen molar-refractivity contribution in [1.29, 1.82) is 0 Å². The maximum absolute atomic E-state index is 10.5. The molecule has 0 aliphatic rings. The molecule has 0 aliphatic carbocycles. The summed E-state index contributed by atoms with van der Waals surface area (Å²) in [5.74, 6) is -1.000. The first kappa shape index (κ1) is 15.1. The van der Waals surface area contributed by atoms with E-state index >= 15 is 0 Å². The van der Waals surface area contributed by atoms with Crippen molar-refractivity contribution in [2.45, 2.75) is 0 Å². The Morgan fingerprint density at radius 2 is 1.95 bits per heavy atom. The molecule has 4 heteroatoms. The maximum atomic E-state index is 10.5. The van der Waals surface area contributed by atoms with Crippen LogP contribution < -0.4 is 4.90 Å². The number of rotatable bonds is 7. The smallest absolute Gasteiger partial charge is 0.328 e. The summed E-state index contributed by atoms with van der Waals surface area (Å²) in [7, 11) is 0. The fourth-order valence-corrected chi connectivity index (χ4v) is 1.84. The lowest BCUT2D eigenvalue weighted by molar-refractivity contribution is -0.131. The zero-order valence-electron chi connectivity index (χ0n) is 10.6. The molecule has 0 atom stereocenters. The van der Waals surface area contributed by atoms with E-state index in [0.717, 1.165) is 11.8 Å². The molecule has 0 spiro atoms. The number of halogens is 1. The van der Waals surface area contributed by atoms with Gasteiger partial charge in [-0.2, -0.15) is 0 Å². The van der Waals surface area contributed by atoms with E-state index in [4.69, 9.17) is 16.7 Å². The van der Waals surface area contributed by atoms with E-state index in [2.05, 4.69) is 18.1 Å². The van der Waals surface area contributed by atoms with Crippen LogP contribution in [-0.2, 0) is 4.79 Å². The van der Waals surface area contributed by atoms with Crippen LogP contribution in [0.25, 0.3) is 6.08 Å². The first-order chi connectivity index (χ1) is 9.08. The normalized spacial score (nSPS) is 10.4. The van der Waals surface area contributed by atoms with Crippen LogP contribution in [0.15, 0.2) is 49.6 Å². The Kier molecular flexibility index (Phi) is 5.90. The van der Waals surface area contributed by atoms with Gasteiger partial charge in [0.05, 0.1) is 0 Å². The van der Waals surface area contributed by atoms with Crippen LogP contribution in [0.4, 0.5) is 5.69 Å². The maximum Gasteiger partial charge on any atom is 0.328 e. The molecule has 19 heavy (non-hydrogen) atoms. The van der Waals surface area contributed by atoms with Crippen LogP contribution in [-0.4, -0.2) is 24.2 Å². The molecule has 100 valence electrons. The Hall–Kier alpha value is -2.00. The van der Waals surface area contributed by atoms with Crippen molar-refractivity contribution < 1.29 is 9.90 Å². The Morgan fingerprint density at radius 3 is 2.42 bits per heavy atom. The highest BCUT2D eigenvalue weighted by molar-refractivity contribution is 6.32. The minimum Gasteiger partial charge on any atom is -0.478 e. The molecule has 0 fully saturated rings. The van der Waals surface area contributed by atoms with Crippen molar-refractivity contribution in [3.8, 4) is 0 Å². The van der Waals surface area contributed by atoms with Gasteiger partial charge < -0.3 is 10.0 Å². The van der Waals surface area contributed by atoms with Crippen molar-refractivity contribution in [1.82, 2.24) is 0 Å². The first-order valence-electron chi connectivity index (χ1n) is 5.75. The van der Waals surface area contributed by atoms with Gasteiger partial charge in [-0.15, -0.1) is 13.2 Å². The van der Waals surface area contributed by atoms with Crippen molar-refractivity contribution in [2.75, 3.05) is 18.0 Å². The minimum absolute atomic E-state index is 0.508. The second-order valence-electron chi connectivity index (χ2n) is 3.86. The van der Waals surface area contributed by atoms with Crippen LogP contribution in [0.1, 0.15) is 5.56 Å². The van der Waals surface area contributed by atoms with Crippen LogP contribution in [0.2, 0.25) is 5.02 Å². The van der Waals surface area contributed by atoms with E-state index in [9.17, 15) is 4.79 Å². The Bertz CT molecular complexity index is 499. The second kappa shape index (κ2) is 7.44. The lowest BCUT2D eigenvalue weighted by atomic mass is 10.1. The molecule has 1 aromatic carbocycles. The summed E-state index contributed by atoms with van der Waals surface area (Å²) in [5.41, 5.74) is 1.61. The third kappa shape index (κ3) is 4.64. The van der Waals surface area contributed by atoms with Gasteiger partial charge in [0.15, 0.2) is 0 Å². The Labute approximate surface area is 118 Å². The van der Waals surface area contributed by atoms with Gasteiger partial charge in [0, 0.05) is 29.9 Å². The lowest BCUT2D eigenvalue weighted by Crippen LogP contribution is -2.22. The molecule has 1 N–H and O–H groups in total. The number of aliphatic carboxylic acids is 1. The molecule has 1 aromatic rings. The summed E-state index contributed by atoms with van der Waals surface area (Å²) >= 11 is 6.13. The number of hydrogen-bond acceptors (Lipinski definition) is 2. The molecular weight excluding hydrogens is 262 g/mol. The van der Waals surface area contributed by atoms with Crippen molar-refractivity contribution in [3.05, 3.63) is 60.2 Å². The van der Waals surface area contributed by atoms with Gasteiger partial charge in [-0.25, -0.2) is 4.79 Å². The third-order valence-corrected chi connectivity index (χ3v) is 2.78. The van der Waals surface area contributed by atoms with Gasteiger partial charge in [0.1, 0.15) is 0 Å². The molecule has 0 bridgehead atoms. The zero-order chi connectivity index (χ0) is 14.3. The van der Waals surface area contributed by atoms with E-state index < -0.39 is 5.97 Å². The largest absolute Gasteiger partial charge is 0.478 e. The quantitative estimate of drug-likeness (QED) is 0.611. The van der Waals surface area contributed by atoms with Crippen LogP contribution >= 0.6 is 11.6 Å². The van der Waals surface area contributed by atoms with Crippen molar-refractivity contribution >= 4 is 29.3 Å². The molecule has 0 aromatic heterocycles. The summed E-state index contributed by atoms with van der Waals surface area (Å²) in [6.07, 6.45) is 6.14. The third-order valence-electron chi connectivity index (χ3n) is 2.45. The van der Waals surface area contributed by atoms with Gasteiger partial charge in [0.25, 0.3) is 0 Å². The van der Waals surface area contributed by atoms with Crippen molar-refractivity contribution in [2.24, 2.45) is 0 Å². The molecular formula is C15H16ClNO2. The summed E-state index contributed by atoms with van der Waals surface area (Å²) in [6.45, 7) is 8.80. The number of carbonyl (C=O) groups is 1. The average molecular weight is 278 g/mol. The fraction of sp³-hybridized carbons (Fsp3) is 0.133. The highest BCUT2D eigenvalue weighted by Gasteiger charge is 2.05. The van der Waals surface area contributed by atoms with Crippen molar-refractivity contribution in [3.63, 3.8) is 0 Å². The Balaban J connectivity index is 2.99. The molecule has 1 rings (SSSR count). The number of hydrogen-bond donors (Lipinski definition) is 1. The lowest BCUT2D eigenvalue weighted by Gasteiger charge is -2.22. The van der Waals surface area contributed by atoms with E-state index in [1.54, 1.807) is 24.3 Å². The predicted molar refractivity (Wildman–Crippen MR) is 80.7 cm³/mol. The molecule has 3 nitrogen and oxygen atoms in total. The topological polar surface area (TPSA) is 40.5 Å². The number of carboxylic acids is 1. The summed E-state index contributed by atoms with van der Waals surface area (Å²) in [4.78, 5) is 12.5. The van der Waals surface area contributed by atoms with E-state index in [0.29, 0.717) is 23.7 Å². The van der Waals surface area contributed by atoms with Crippen LogP contribution in [0.5, 0.6) is 0 Å². The molecule has 0 unspecified atom stereocenters. The summed E-state index contributed by atoms with van der Waals surface area (Å²) < 4.78 is 0. The van der Waals surface area contributed by atoms with E-state index in [1.807, 2.05) is 6.07 Å². The van der Waals surface area contributed by atoms with Gasteiger partial charge in [0.2, 0.25) is 0 Å². The van der Waals surface area contributed by atoms with Gasteiger partial charge in [-0.1, -0.05) is 29.8 Å². The monoisotopic (exact) mass is 277 g/mol. The second-order valence-corrected chi connectivity index (χ2v) is 4.27. The van der Waals surface area contributed by atoms with Gasteiger partial charge >= 0.3 is 5.97 Å². The van der Waals surface area contributed by atoms with Gasteiger partial charge in [-0.3, -0.25) is 0 Å². The standard InChI is InChI=1S/C15H16ClNO2/c1-3-9-17(10-4-2)13-7-5-12(14(16)11-13)6-8-15(18)19/h3-8,11H,1-2,9-10H2,(H,18,19)/b8-6+. The number of nitrogens with zero attached hydrogens (tertiary/aromatic N) is 1. The molecule has 0 aliphatic heterocycles. The van der Waals surface area contributed by atoms with E-state index in [-0.39, 0.29) is 0 Å².